The summed E-state index contributed by atoms with van der Waals surface area (Å²) in [6, 6.07) is 8.14. The number of nitrogens with zero attached hydrogens (tertiary/aromatic N) is 4. The van der Waals surface area contributed by atoms with E-state index in [2.05, 4.69) is 50.4 Å². The molecule has 154 valence electrons. The molecule has 1 aliphatic heterocycles. The van der Waals surface area contributed by atoms with Crippen LogP contribution < -0.4 is 10.6 Å². The molecule has 29 heavy (non-hydrogen) atoms. The smallest absolute Gasteiger partial charge is 0.226 e. The molecule has 0 aliphatic carbocycles. The van der Waals surface area contributed by atoms with Crippen molar-refractivity contribution in [3.63, 3.8) is 0 Å². The molecule has 0 bridgehead atoms. The molecule has 3 aromatic rings. The maximum atomic E-state index is 5.61. The van der Waals surface area contributed by atoms with Gasteiger partial charge in [-0.2, -0.15) is 0 Å². The maximum Gasteiger partial charge on any atom is 0.226 e. The third-order valence-electron chi connectivity index (χ3n) is 4.91. The summed E-state index contributed by atoms with van der Waals surface area (Å²) in [6.07, 6.45) is 7.36. The molecule has 0 saturated carbocycles. The number of fused-ring (bicyclic) bond motifs is 1. The number of halogens is 1. The fraction of sp³-hybridized carbons (Fsp3) is 0.381. The van der Waals surface area contributed by atoms with Crippen LogP contribution in [0, 0.1) is 6.92 Å². The van der Waals surface area contributed by atoms with E-state index in [4.69, 9.17) is 9.40 Å². The van der Waals surface area contributed by atoms with Gasteiger partial charge in [-0.3, -0.25) is 4.99 Å². The molecule has 0 saturated heterocycles. The van der Waals surface area contributed by atoms with Crippen LogP contribution in [0.2, 0.25) is 0 Å². The lowest BCUT2D eigenvalue weighted by Gasteiger charge is -2.11. The number of oxazole rings is 1. The fourth-order valence-electron chi connectivity index (χ4n) is 3.34. The van der Waals surface area contributed by atoms with Crippen LogP contribution in [0.3, 0.4) is 0 Å². The average Bonchev–Trinajstić information content (AvgIpc) is 3.35. The third-order valence-corrected chi connectivity index (χ3v) is 4.91. The zero-order valence-electron chi connectivity index (χ0n) is 16.8. The number of aromatic nitrogens is 3. The molecule has 1 aliphatic rings. The Morgan fingerprint density at radius 2 is 1.86 bits per heavy atom. The number of guanidine groups is 1. The molecule has 0 amide bonds. The summed E-state index contributed by atoms with van der Waals surface area (Å²) in [7, 11) is 1.76. The second kappa shape index (κ2) is 9.91. The molecule has 0 unspecified atom stereocenters. The highest BCUT2D eigenvalue weighted by Crippen LogP contribution is 2.19. The molecule has 7 nitrogen and oxygen atoms in total. The Kier molecular flexibility index (Phi) is 7.29. The molecule has 3 heterocycles. The summed E-state index contributed by atoms with van der Waals surface area (Å²) in [5.41, 5.74) is 4.06. The van der Waals surface area contributed by atoms with Crippen LogP contribution in [0.4, 0.5) is 0 Å². The second-order valence-corrected chi connectivity index (χ2v) is 7.09. The molecule has 8 heteroatoms. The first-order valence-corrected chi connectivity index (χ1v) is 9.72. The number of aryl methyl sites for hydroxylation is 3. The molecular weight excluding hydrogens is 479 g/mol. The predicted molar refractivity (Wildman–Crippen MR) is 124 cm³/mol. The van der Waals surface area contributed by atoms with E-state index in [1.54, 1.807) is 13.3 Å². The summed E-state index contributed by atoms with van der Waals surface area (Å²) < 4.78 is 7.87. The van der Waals surface area contributed by atoms with E-state index in [-0.39, 0.29) is 24.0 Å². The average molecular weight is 506 g/mol. The molecular formula is C21H27IN6O. The number of hydrogen-bond donors (Lipinski definition) is 2. The Balaban J connectivity index is 0.00000240. The van der Waals surface area contributed by atoms with Crippen molar-refractivity contribution in [2.24, 2.45) is 4.99 Å². The first-order valence-electron chi connectivity index (χ1n) is 9.72. The third kappa shape index (κ3) is 5.37. The monoisotopic (exact) mass is 506 g/mol. The van der Waals surface area contributed by atoms with E-state index in [0.717, 1.165) is 29.9 Å². The van der Waals surface area contributed by atoms with Crippen molar-refractivity contribution in [3.8, 4) is 11.5 Å². The number of benzene rings is 1. The minimum absolute atomic E-state index is 0. The van der Waals surface area contributed by atoms with Gasteiger partial charge in [0, 0.05) is 31.8 Å². The Morgan fingerprint density at radius 3 is 2.59 bits per heavy atom. The van der Waals surface area contributed by atoms with E-state index < -0.39 is 0 Å². The normalized spacial score (nSPS) is 13.5. The number of imidazole rings is 1. The Bertz CT molecular complexity index is 936. The molecule has 2 aromatic heterocycles. The number of aliphatic imine (C=N–C) groups is 1. The summed E-state index contributed by atoms with van der Waals surface area (Å²) in [5.74, 6) is 2.53. The quantitative estimate of drug-likeness (QED) is 0.314. The summed E-state index contributed by atoms with van der Waals surface area (Å²) in [5, 5.41) is 6.59. The molecule has 0 spiro atoms. The fourth-order valence-corrected chi connectivity index (χ4v) is 3.34. The highest BCUT2D eigenvalue weighted by molar-refractivity contribution is 14.0. The first kappa shape index (κ1) is 21.4. The standard InChI is InChI=1S/C21H26N6O.HI/c1-15-6-8-16(9-7-15)20-26-18(14-28-20)12-24-21(22-2)23-11-17-13-27-10-4-3-5-19(27)25-17;/h6-9,13-14H,3-5,10-12H2,1-2H3,(H2,22,23,24);1H. The number of nitrogens with one attached hydrogen (secondary N) is 2. The molecule has 0 fully saturated rings. The zero-order valence-corrected chi connectivity index (χ0v) is 19.1. The highest BCUT2D eigenvalue weighted by atomic mass is 127. The minimum atomic E-state index is 0. The van der Waals surface area contributed by atoms with E-state index in [1.807, 2.05) is 12.1 Å². The van der Waals surface area contributed by atoms with Gasteiger partial charge < -0.3 is 19.6 Å². The van der Waals surface area contributed by atoms with Crippen molar-refractivity contribution >= 4 is 29.9 Å². The second-order valence-electron chi connectivity index (χ2n) is 7.09. The summed E-state index contributed by atoms with van der Waals surface area (Å²) in [4.78, 5) is 13.5. The lowest BCUT2D eigenvalue weighted by Crippen LogP contribution is -2.36. The van der Waals surface area contributed by atoms with Crippen LogP contribution in [-0.2, 0) is 26.1 Å². The van der Waals surface area contributed by atoms with Crippen molar-refractivity contribution in [1.29, 1.82) is 0 Å². The van der Waals surface area contributed by atoms with Crippen LogP contribution in [0.25, 0.3) is 11.5 Å². The van der Waals surface area contributed by atoms with Crippen LogP contribution in [0.5, 0.6) is 0 Å². The van der Waals surface area contributed by atoms with E-state index >= 15 is 0 Å². The van der Waals surface area contributed by atoms with Gasteiger partial charge >= 0.3 is 0 Å². The van der Waals surface area contributed by atoms with Crippen LogP contribution in [0.1, 0.15) is 35.6 Å². The highest BCUT2D eigenvalue weighted by Gasteiger charge is 2.12. The Morgan fingerprint density at radius 1 is 1.10 bits per heavy atom. The van der Waals surface area contributed by atoms with Crippen molar-refractivity contribution in [2.75, 3.05) is 7.05 Å². The predicted octanol–water partition coefficient (Wildman–Crippen LogP) is 3.67. The minimum Gasteiger partial charge on any atom is -0.444 e. The van der Waals surface area contributed by atoms with Gasteiger partial charge in [-0.25, -0.2) is 9.97 Å². The van der Waals surface area contributed by atoms with Crippen LogP contribution in [0.15, 0.2) is 46.1 Å². The molecule has 0 radical (unpaired) electrons. The zero-order chi connectivity index (χ0) is 19.3. The van der Waals surface area contributed by atoms with Crippen molar-refractivity contribution < 1.29 is 4.42 Å². The van der Waals surface area contributed by atoms with Gasteiger partial charge in [0.15, 0.2) is 5.96 Å². The van der Waals surface area contributed by atoms with Crippen molar-refractivity contribution in [2.45, 2.75) is 45.8 Å². The van der Waals surface area contributed by atoms with E-state index in [9.17, 15) is 0 Å². The van der Waals surface area contributed by atoms with Gasteiger partial charge in [0.2, 0.25) is 5.89 Å². The lowest BCUT2D eigenvalue weighted by atomic mass is 10.1. The Hall–Kier alpha value is -2.36. The van der Waals surface area contributed by atoms with Gasteiger partial charge in [0.1, 0.15) is 12.1 Å². The molecule has 4 rings (SSSR count). The van der Waals surface area contributed by atoms with Gasteiger partial charge in [-0.1, -0.05) is 17.7 Å². The Labute approximate surface area is 188 Å². The topological polar surface area (TPSA) is 80.3 Å². The van der Waals surface area contributed by atoms with Gasteiger partial charge in [-0.05, 0) is 31.9 Å². The van der Waals surface area contributed by atoms with Crippen molar-refractivity contribution in [3.05, 3.63) is 59.5 Å². The lowest BCUT2D eigenvalue weighted by molar-refractivity contribution is 0.522. The largest absolute Gasteiger partial charge is 0.444 e. The maximum absolute atomic E-state index is 5.61. The molecule has 1 aromatic carbocycles. The van der Waals surface area contributed by atoms with Crippen LogP contribution >= 0.6 is 24.0 Å². The molecule has 0 atom stereocenters. The number of hydrogen-bond acceptors (Lipinski definition) is 4. The first-order chi connectivity index (χ1) is 13.7. The van der Waals surface area contributed by atoms with Gasteiger partial charge in [-0.15, -0.1) is 24.0 Å². The number of rotatable bonds is 5. The van der Waals surface area contributed by atoms with Gasteiger partial charge in [0.25, 0.3) is 0 Å². The summed E-state index contributed by atoms with van der Waals surface area (Å²) >= 11 is 0. The van der Waals surface area contributed by atoms with E-state index in [1.165, 1.54) is 24.2 Å². The summed E-state index contributed by atoms with van der Waals surface area (Å²) in [6.45, 7) is 4.32. The molecule has 2 N–H and O–H groups in total. The van der Waals surface area contributed by atoms with Crippen molar-refractivity contribution in [1.82, 2.24) is 25.2 Å². The van der Waals surface area contributed by atoms with Crippen LogP contribution in [-0.4, -0.2) is 27.5 Å². The SMILES string of the molecule is CN=C(NCc1coc(-c2ccc(C)cc2)n1)NCc1cn2c(n1)CCCC2.I. The van der Waals surface area contributed by atoms with Gasteiger partial charge in [0.05, 0.1) is 24.5 Å². The van der Waals surface area contributed by atoms with E-state index in [0.29, 0.717) is 24.9 Å².